The Balaban J connectivity index is 1.57. The van der Waals surface area contributed by atoms with Crippen molar-refractivity contribution in [3.05, 3.63) is 0 Å². The first-order valence-electron chi connectivity index (χ1n) is 8.12. The van der Waals surface area contributed by atoms with Crippen LogP contribution >= 0.6 is 0 Å². The number of carboxylic acids is 1. The molecule has 0 aromatic rings. The highest BCUT2D eigenvalue weighted by Crippen LogP contribution is 2.21. The summed E-state index contributed by atoms with van der Waals surface area (Å²) in [6.45, 7) is 5.48. The lowest BCUT2D eigenvalue weighted by Crippen LogP contribution is -2.46. The number of carbonyl (C=O) groups excluding carboxylic acids is 1. The molecule has 2 aliphatic rings. The SMILES string of the molecule is O=C(O)CCC1CCN(C(=O)NCCN2CCCC2)CC1. The number of carboxylic acid groups (broad SMARTS) is 1. The van der Waals surface area contributed by atoms with Crippen LogP contribution in [0, 0.1) is 5.92 Å². The molecule has 0 saturated carbocycles. The van der Waals surface area contributed by atoms with Gasteiger partial charge in [-0.25, -0.2) is 4.79 Å². The quantitative estimate of drug-likeness (QED) is 0.776. The molecule has 2 heterocycles. The molecule has 2 saturated heterocycles. The van der Waals surface area contributed by atoms with Gasteiger partial charge in [-0.3, -0.25) is 4.79 Å². The number of amides is 2. The molecule has 0 spiro atoms. The van der Waals surface area contributed by atoms with Crippen LogP contribution in [0.3, 0.4) is 0 Å². The van der Waals surface area contributed by atoms with Crippen LogP contribution in [0.4, 0.5) is 4.79 Å². The van der Waals surface area contributed by atoms with Crippen LogP contribution < -0.4 is 5.32 Å². The second kappa shape index (κ2) is 8.22. The summed E-state index contributed by atoms with van der Waals surface area (Å²) in [4.78, 5) is 26.9. The third-order valence-corrected chi connectivity index (χ3v) is 4.57. The molecule has 2 rings (SSSR count). The fourth-order valence-electron chi connectivity index (χ4n) is 3.19. The average Bonchev–Trinajstić information content (AvgIpc) is 2.99. The number of nitrogens with one attached hydrogen (secondary N) is 1. The van der Waals surface area contributed by atoms with Crippen LogP contribution in [-0.2, 0) is 4.79 Å². The van der Waals surface area contributed by atoms with Crippen molar-refractivity contribution < 1.29 is 14.7 Å². The Morgan fingerprint density at radius 2 is 1.76 bits per heavy atom. The molecule has 2 amide bonds. The third kappa shape index (κ3) is 5.53. The van der Waals surface area contributed by atoms with Gasteiger partial charge in [0.15, 0.2) is 0 Å². The van der Waals surface area contributed by atoms with Crippen molar-refractivity contribution in [1.29, 1.82) is 0 Å². The number of likely N-dealkylation sites (tertiary alicyclic amines) is 2. The molecule has 6 nitrogen and oxygen atoms in total. The molecular formula is C15H27N3O3. The highest BCUT2D eigenvalue weighted by molar-refractivity contribution is 5.74. The van der Waals surface area contributed by atoms with Gasteiger partial charge in [-0.1, -0.05) is 0 Å². The van der Waals surface area contributed by atoms with Crippen molar-refractivity contribution in [2.45, 2.75) is 38.5 Å². The summed E-state index contributed by atoms with van der Waals surface area (Å²) in [6.07, 6.45) is 5.38. The molecule has 0 aliphatic carbocycles. The van der Waals surface area contributed by atoms with Crippen molar-refractivity contribution in [3.8, 4) is 0 Å². The normalized spacial score (nSPS) is 20.7. The molecule has 0 radical (unpaired) electrons. The van der Waals surface area contributed by atoms with Crippen LogP contribution in [0.15, 0.2) is 0 Å². The molecule has 0 bridgehead atoms. The van der Waals surface area contributed by atoms with E-state index in [2.05, 4.69) is 10.2 Å². The van der Waals surface area contributed by atoms with E-state index in [1.54, 1.807) is 0 Å². The molecule has 0 aromatic carbocycles. The minimum absolute atomic E-state index is 0.0332. The number of hydrogen-bond acceptors (Lipinski definition) is 3. The number of aliphatic carboxylic acids is 1. The lowest BCUT2D eigenvalue weighted by molar-refractivity contribution is -0.137. The molecule has 0 atom stereocenters. The summed E-state index contributed by atoms with van der Waals surface area (Å²) < 4.78 is 0. The molecule has 2 aliphatic heterocycles. The Bertz CT molecular complexity index is 348. The van der Waals surface area contributed by atoms with Gasteiger partial charge in [-0.2, -0.15) is 0 Å². The zero-order valence-electron chi connectivity index (χ0n) is 12.7. The maximum absolute atomic E-state index is 12.0. The van der Waals surface area contributed by atoms with E-state index in [0.29, 0.717) is 5.92 Å². The minimum Gasteiger partial charge on any atom is -0.481 e. The Hall–Kier alpha value is -1.30. The van der Waals surface area contributed by atoms with Gasteiger partial charge >= 0.3 is 12.0 Å². The number of hydrogen-bond donors (Lipinski definition) is 2. The van der Waals surface area contributed by atoms with E-state index in [1.165, 1.54) is 12.8 Å². The third-order valence-electron chi connectivity index (χ3n) is 4.57. The van der Waals surface area contributed by atoms with E-state index in [-0.39, 0.29) is 12.5 Å². The molecule has 2 N–H and O–H groups in total. The summed E-state index contributed by atoms with van der Waals surface area (Å²) in [5, 5.41) is 11.7. The maximum Gasteiger partial charge on any atom is 0.317 e. The standard InChI is InChI=1S/C15H27N3O3/c19-14(20)4-3-13-5-10-18(11-6-13)15(21)16-7-12-17-8-1-2-9-17/h13H,1-12H2,(H,16,21)(H,19,20). The van der Waals surface area contributed by atoms with Gasteiger partial charge < -0.3 is 20.2 Å². The largest absolute Gasteiger partial charge is 0.481 e. The fraction of sp³-hybridized carbons (Fsp3) is 0.867. The van der Waals surface area contributed by atoms with E-state index in [0.717, 1.165) is 58.5 Å². The number of nitrogens with zero attached hydrogens (tertiary/aromatic N) is 2. The lowest BCUT2D eigenvalue weighted by Gasteiger charge is -2.32. The summed E-state index contributed by atoms with van der Waals surface area (Å²) in [5.74, 6) is -0.271. The number of carbonyl (C=O) groups is 2. The highest BCUT2D eigenvalue weighted by Gasteiger charge is 2.23. The first kappa shape index (κ1) is 16.1. The molecule has 6 heteroatoms. The molecular weight excluding hydrogens is 270 g/mol. The maximum atomic E-state index is 12.0. The first-order chi connectivity index (χ1) is 10.1. The monoisotopic (exact) mass is 297 g/mol. The zero-order chi connectivity index (χ0) is 15.1. The van der Waals surface area contributed by atoms with Crippen molar-refractivity contribution in [2.75, 3.05) is 39.3 Å². The highest BCUT2D eigenvalue weighted by atomic mass is 16.4. The van der Waals surface area contributed by atoms with Crippen LogP contribution in [-0.4, -0.2) is 66.2 Å². The summed E-state index contributed by atoms with van der Waals surface area (Å²) >= 11 is 0. The minimum atomic E-state index is -0.725. The Morgan fingerprint density at radius 1 is 1.10 bits per heavy atom. The van der Waals surface area contributed by atoms with Gasteiger partial charge in [0.1, 0.15) is 0 Å². The predicted octanol–water partition coefficient (Wildman–Crippen LogP) is 1.37. The van der Waals surface area contributed by atoms with Crippen LogP contribution in [0.5, 0.6) is 0 Å². The van der Waals surface area contributed by atoms with Crippen LogP contribution in [0.25, 0.3) is 0 Å². The van der Waals surface area contributed by atoms with Gasteiger partial charge in [0.05, 0.1) is 0 Å². The van der Waals surface area contributed by atoms with Crippen molar-refractivity contribution >= 4 is 12.0 Å². The van der Waals surface area contributed by atoms with E-state index in [1.807, 2.05) is 4.90 Å². The van der Waals surface area contributed by atoms with Crippen molar-refractivity contribution in [3.63, 3.8) is 0 Å². The molecule has 0 aromatic heterocycles. The summed E-state index contributed by atoms with van der Waals surface area (Å²) in [7, 11) is 0. The topological polar surface area (TPSA) is 72.9 Å². The Labute approximate surface area is 126 Å². The van der Waals surface area contributed by atoms with Gasteiger partial charge in [-0.15, -0.1) is 0 Å². The average molecular weight is 297 g/mol. The van der Waals surface area contributed by atoms with E-state index in [9.17, 15) is 9.59 Å². The van der Waals surface area contributed by atoms with E-state index >= 15 is 0 Å². The number of piperidine rings is 1. The van der Waals surface area contributed by atoms with Gasteiger partial charge in [0, 0.05) is 32.6 Å². The zero-order valence-corrected chi connectivity index (χ0v) is 12.7. The fourth-order valence-corrected chi connectivity index (χ4v) is 3.19. The predicted molar refractivity (Wildman–Crippen MR) is 80.2 cm³/mol. The molecule has 0 unspecified atom stereocenters. The first-order valence-corrected chi connectivity index (χ1v) is 8.12. The van der Waals surface area contributed by atoms with Crippen molar-refractivity contribution in [2.24, 2.45) is 5.92 Å². The van der Waals surface area contributed by atoms with Gasteiger partial charge in [0.2, 0.25) is 0 Å². The molecule has 120 valence electrons. The molecule has 21 heavy (non-hydrogen) atoms. The Kier molecular flexibility index (Phi) is 6.29. The second-order valence-electron chi connectivity index (χ2n) is 6.14. The van der Waals surface area contributed by atoms with Crippen LogP contribution in [0.1, 0.15) is 38.5 Å². The van der Waals surface area contributed by atoms with Gasteiger partial charge in [-0.05, 0) is 51.1 Å². The van der Waals surface area contributed by atoms with Crippen LogP contribution in [0.2, 0.25) is 0 Å². The number of rotatable bonds is 6. The number of urea groups is 1. The van der Waals surface area contributed by atoms with Gasteiger partial charge in [0.25, 0.3) is 0 Å². The lowest BCUT2D eigenvalue weighted by atomic mass is 9.92. The smallest absolute Gasteiger partial charge is 0.317 e. The van der Waals surface area contributed by atoms with E-state index < -0.39 is 5.97 Å². The van der Waals surface area contributed by atoms with E-state index in [4.69, 9.17) is 5.11 Å². The molecule has 2 fully saturated rings. The second-order valence-corrected chi connectivity index (χ2v) is 6.14. The van der Waals surface area contributed by atoms with Crippen molar-refractivity contribution in [1.82, 2.24) is 15.1 Å². The Morgan fingerprint density at radius 3 is 2.38 bits per heavy atom. The summed E-state index contributed by atoms with van der Waals surface area (Å²) in [6, 6.07) is 0.0332. The summed E-state index contributed by atoms with van der Waals surface area (Å²) in [5.41, 5.74) is 0.